The summed E-state index contributed by atoms with van der Waals surface area (Å²) in [4.78, 5) is 0. The minimum atomic E-state index is -0.00352. The van der Waals surface area contributed by atoms with Gasteiger partial charge in [0.05, 0.1) is 0 Å². The molecule has 0 spiro atoms. The van der Waals surface area contributed by atoms with Gasteiger partial charge >= 0.3 is 0 Å². The monoisotopic (exact) mass is 199 g/mol. The number of hydrogen-bond acceptors (Lipinski definition) is 0. The third kappa shape index (κ3) is 2.02. The second kappa shape index (κ2) is 3.97. The minimum Gasteiger partial charge on any atom is -0.102 e. The van der Waals surface area contributed by atoms with E-state index in [0.717, 1.165) is 5.56 Å². The van der Waals surface area contributed by atoms with Crippen molar-refractivity contribution >= 4 is 23.2 Å². The van der Waals surface area contributed by atoms with E-state index >= 15 is 0 Å². The van der Waals surface area contributed by atoms with Crippen molar-refractivity contribution in [3.63, 3.8) is 0 Å². The normalized spacial score (nSPS) is 12.6. The number of allylic oxidation sites excluding steroid dienone is 1. The molecule has 0 aliphatic heterocycles. The zero-order valence-electron chi connectivity index (χ0n) is 6.56. The van der Waals surface area contributed by atoms with Crippen LogP contribution in [0.3, 0.4) is 0 Å². The molecule has 12 heavy (non-hydrogen) atoms. The average Bonchev–Trinajstić information content (AvgIpc) is 2.08. The number of benzene rings is 1. The second-order valence-corrected chi connectivity index (χ2v) is 3.35. The lowest BCUT2D eigenvalue weighted by Gasteiger charge is -2.08. The van der Waals surface area contributed by atoms with Crippen LogP contribution >= 0.6 is 23.2 Å². The SMILES string of the molecule is [CH2]C(C=C)c1cc(Cl)ccc1Cl. The molecule has 0 amide bonds. The van der Waals surface area contributed by atoms with Gasteiger partial charge in [-0.15, -0.1) is 6.58 Å². The summed E-state index contributed by atoms with van der Waals surface area (Å²) in [5, 5.41) is 1.35. The summed E-state index contributed by atoms with van der Waals surface area (Å²) in [6.07, 6.45) is 1.73. The van der Waals surface area contributed by atoms with Crippen molar-refractivity contribution in [1.29, 1.82) is 0 Å². The van der Waals surface area contributed by atoms with Crippen molar-refractivity contribution in [3.8, 4) is 0 Å². The highest BCUT2D eigenvalue weighted by atomic mass is 35.5. The molecule has 0 saturated carbocycles. The van der Waals surface area contributed by atoms with E-state index in [1.54, 1.807) is 18.2 Å². The Labute approximate surface area is 82.8 Å². The van der Waals surface area contributed by atoms with E-state index in [1.807, 2.05) is 6.07 Å². The Morgan fingerprint density at radius 2 is 2.00 bits per heavy atom. The van der Waals surface area contributed by atoms with Gasteiger partial charge in [-0.2, -0.15) is 0 Å². The van der Waals surface area contributed by atoms with Gasteiger partial charge in [-0.1, -0.05) is 29.3 Å². The Kier molecular flexibility index (Phi) is 3.19. The molecule has 0 aliphatic rings. The van der Waals surface area contributed by atoms with Crippen molar-refractivity contribution in [2.75, 3.05) is 0 Å². The molecule has 1 aromatic carbocycles. The Hall–Kier alpha value is -0.460. The number of hydrogen-bond donors (Lipinski definition) is 0. The van der Waals surface area contributed by atoms with Gasteiger partial charge in [0.2, 0.25) is 0 Å². The van der Waals surface area contributed by atoms with Crippen molar-refractivity contribution in [1.82, 2.24) is 0 Å². The van der Waals surface area contributed by atoms with Crippen LogP contribution in [-0.2, 0) is 0 Å². The van der Waals surface area contributed by atoms with E-state index in [-0.39, 0.29) is 5.92 Å². The fraction of sp³-hybridized carbons (Fsp3) is 0.100. The predicted molar refractivity (Wildman–Crippen MR) is 54.8 cm³/mol. The molecule has 2 heteroatoms. The largest absolute Gasteiger partial charge is 0.102 e. The summed E-state index contributed by atoms with van der Waals surface area (Å²) in [5.41, 5.74) is 0.916. The zero-order valence-corrected chi connectivity index (χ0v) is 8.07. The molecule has 0 nitrogen and oxygen atoms in total. The molecule has 0 saturated heterocycles. The fourth-order valence-corrected chi connectivity index (χ4v) is 1.36. The topological polar surface area (TPSA) is 0 Å². The maximum Gasteiger partial charge on any atom is 0.0445 e. The molecule has 0 heterocycles. The first kappa shape index (κ1) is 9.63. The lowest BCUT2D eigenvalue weighted by atomic mass is 10.0. The zero-order chi connectivity index (χ0) is 9.14. The third-order valence-corrected chi connectivity index (χ3v) is 2.22. The molecule has 1 radical (unpaired) electrons. The molecule has 1 rings (SSSR count). The van der Waals surface area contributed by atoms with Gasteiger partial charge in [0.1, 0.15) is 0 Å². The summed E-state index contributed by atoms with van der Waals surface area (Å²) in [6.45, 7) is 7.51. The molecule has 0 N–H and O–H groups in total. The van der Waals surface area contributed by atoms with Crippen LogP contribution in [0.2, 0.25) is 10.0 Å². The average molecular weight is 200 g/mol. The quantitative estimate of drug-likeness (QED) is 0.630. The molecule has 0 bridgehead atoms. The van der Waals surface area contributed by atoms with Crippen molar-refractivity contribution in [2.24, 2.45) is 0 Å². The third-order valence-electron chi connectivity index (χ3n) is 1.64. The highest BCUT2D eigenvalue weighted by molar-refractivity contribution is 6.33. The lowest BCUT2D eigenvalue weighted by molar-refractivity contribution is 1.09. The molecule has 0 aromatic heterocycles. The van der Waals surface area contributed by atoms with Crippen molar-refractivity contribution < 1.29 is 0 Å². The maximum atomic E-state index is 5.92. The molecular formula is C10H9Cl2. The Bertz CT molecular complexity index is 292. The Morgan fingerprint density at radius 3 is 2.58 bits per heavy atom. The van der Waals surface area contributed by atoms with Gasteiger partial charge < -0.3 is 0 Å². The highest BCUT2D eigenvalue weighted by Crippen LogP contribution is 2.27. The van der Waals surface area contributed by atoms with Crippen LogP contribution in [0.25, 0.3) is 0 Å². The molecule has 0 aliphatic carbocycles. The van der Waals surface area contributed by atoms with Crippen LogP contribution in [0.5, 0.6) is 0 Å². The first-order valence-electron chi connectivity index (χ1n) is 3.55. The first-order chi connectivity index (χ1) is 5.65. The lowest BCUT2D eigenvalue weighted by Crippen LogP contribution is -1.89. The molecule has 1 unspecified atom stereocenters. The van der Waals surface area contributed by atoms with Gasteiger partial charge in [0, 0.05) is 16.0 Å². The summed E-state index contributed by atoms with van der Waals surface area (Å²) in [7, 11) is 0. The Morgan fingerprint density at radius 1 is 1.33 bits per heavy atom. The van der Waals surface area contributed by atoms with E-state index < -0.39 is 0 Å². The van der Waals surface area contributed by atoms with E-state index in [1.165, 1.54) is 0 Å². The van der Waals surface area contributed by atoms with Crippen LogP contribution in [0.1, 0.15) is 11.5 Å². The van der Waals surface area contributed by atoms with Crippen LogP contribution in [0.4, 0.5) is 0 Å². The van der Waals surface area contributed by atoms with Crippen LogP contribution in [0, 0.1) is 6.92 Å². The minimum absolute atomic E-state index is 0.00352. The van der Waals surface area contributed by atoms with Gasteiger partial charge in [-0.05, 0) is 30.7 Å². The van der Waals surface area contributed by atoms with E-state index in [2.05, 4.69) is 13.5 Å². The first-order valence-corrected chi connectivity index (χ1v) is 4.31. The smallest absolute Gasteiger partial charge is 0.0445 e. The predicted octanol–water partition coefficient (Wildman–Crippen LogP) is 4.10. The Balaban J connectivity index is 3.12. The van der Waals surface area contributed by atoms with Gasteiger partial charge in [-0.3, -0.25) is 0 Å². The molecule has 1 aromatic rings. The van der Waals surface area contributed by atoms with E-state index in [0.29, 0.717) is 10.0 Å². The van der Waals surface area contributed by atoms with E-state index in [4.69, 9.17) is 23.2 Å². The molecular weight excluding hydrogens is 191 g/mol. The summed E-state index contributed by atoms with van der Waals surface area (Å²) in [5.74, 6) is -0.00352. The second-order valence-electron chi connectivity index (χ2n) is 2.51. The van der Waals surface area contributed by atoms with Gasteiger partial charge in [0.15, 0.2) is 0 Å². The van der Waals surface area contributed by atoms with Crippen LogP contribution < -0.4 is 0 Å². The summed E-state index contributed by atoms with van der Waals surface area (Å²) < 4.78 is 0. The maximum absolute atomic E-state index is 5.92. The number of rotatable bonds is 2. The molecule has 0 fully saturated rings. The standard InChI is InChI=1S/C10H9Cl2/c1-3-7(2)9-6-8(11)4-5-10(9)12/h3-7H,1-2H2. The highest BCUT2D eigenvalue weighted by Gasteiger charge is 2.06. The summed E-state index contributed by atoms with van der Waals surface area (Å²) in [6, 6.07) is 5.33. The number of halogens is 2. The van der Waals surface area contributed by atoms with Crippen LogP contribution in [-0.4, -0.2) is 0 Å². The van der Waals surface area contributed by atoms with Crippen molar-refractivity contribution in [3.05, 3.63) is 53.4 Å². The van der Waals surface area contributed by atoms with E-state index in [9.17, 15) is 0 Å². The fourth-order valence-electron chi connectivity index (χ4n) is 0.926. The summed E-state index contributed by atoms with van der Waals surface area (Å²) >= 11 is 11.7. The van der Waals surface area contributed by atoms with Gasteiger partial charge in [0.25, 0.3) is 0 Å². The van der Waals surface area contributed by atoms with Crippen LogP contribution in [0.15, 0.2) is 30.9 Å². The molecule has 1 atom stereocenters. The molecule has 63 valence electrons. The van der Waals surface area contributed by atoms with Gasteiger partial charge in [-0.25, -0.2) is 0 Å². The van der Waals surface area contributed by atoms with Crippen molar-refractivity contribution in [2.45, 2.75) is 5.92 Å².